The van der Waals surface area contributed by atoms with Gasteiger partial charge in [0, 0.05) is 11.1 Å². The van der Waals surface area contributed by atoms with Gasteiger partial charge in [-0.1, -0.05) is 321 Å². The number of hydrogen-bond acceptors (Lipinski definition) is 18. The minimum absolute atomic E-state index is 0. The molecule has 6 N–H and O–H groups in total. The van der Waals surface area contributed by atoms with Crippen LogP contribution in [0.4, 0.5) is 0 Å². The quantitative estimate of drug-likeness (QED) is 0.0398. The number of quaternary nitrogens is 2. The molecule has 0 radical (unpaired) electrons. The number of carbonyl (C=O) groups is 2. The van der Waals surface area contributed by atoms with E-state index in [1.807, 2.05) is 109 Å². The van der Waals surface area contributed by atoms with Crippen molar-refractivity contribution in [2.45, 2.75) is 343 Å². The monoisotopic (exact) mass is 2010 g/mol. The summed E-state index contributed by atoms with van der Waals surface area (Å²) in [6.07, 6.45) is 0. The molecule has 10 aromatic rings. The molecule has 2 heterocycles. The number of phenols is 6. The van der Waals surface area contributed by atoms with Crippen LogP contribution >= 0.6 is 94.1 Å². The maximum absolute atomic E-state index is 13.6. The number of hydrogen-bond donors (Lipinski definition) is 6. The van der Waals surface area contributed by atoms with Crippen molar-refractivity contribution >= 4 is 106 Å². The molecule has 134 heavy (non-hydrogen) atoms. The van der Waals surface area contributed by atoms with Gasteiger partial charge in [-0.2, -0.15) is 0 Å². The van der Waals surface area contributed by atoms with Crippen LogP contribution in [0.5, 0.6) is 46.0 Å². The van der Waals surface area contributed by atoms with Crippen molar-refractivity contribution in [3.05, 3.63) is 213 Å². The molecule has 16 bridgehead atoms. The molecule has 0 saturated heterocycles. The van der Waals surface area contributed by atoms with Crippen molar-refractivity contribution in [2.75, 3.05) is 65.6 Å². The molecule has 22 heteroatoms. The molecule has 728 valence electrons. The number of fused-ring (bicyclic) bond motifs is 16. The lowest BCUT2D eigenvalue weighted by Crippen LogP contribution is -3.00. The Balaban J connectivity index is 0.000000304. The van der Waals surface area contributed by atoms with Crippen molar-refractivity contribution < 1.29 is 83.5 Å². The van der Waals surface area contributed by atoms with E-state index in [-0.39, 0.29) is 127 Å². The van der Waals surface area contributed by atoms with E-state index in [9.17, 15) is 40.2 Å². The Morgan fingerprint density at radius 1 is 0.231 bits per heavy atom. The summed E-state index contributed by atoms with van der Waals surface area (Å²) in [5, 5.41) is 72.9. The summed E-state index contributed by atoms with van der Waals surface area (Å²) in [5.74, 6) is 1.24. The topological polar surface area (TPSA) is 174 Å². The number of ketones is 2. The van der Waals surface area contributed by atoms with E-state index in [0.717, 1.165) is 64.1 Å². The number of benzene rings is 10. The van der Waals surface area contributed by atoms with Gasteiger partial charge in [-0.3, -0.25) is 9.59 Å². The van der Waals surface area contributed by atoms with Gasteiger partial charge in [0.15, 0.2) is 24.8 Å². The van der Waals surface area contributed by atoms with Crippen LogP contribution in [0.2, 0.25) is 0 Å². The van der Waals surface area contributed by atoms with Gasteiger partial charge in [0.05, 0.1) is 131 Å². The normalized spacial score (nSPS) is 13.3. The molecule has 0 aromatic heterocycles. The highest BCUT2D eigenvalue weighted by atomic mass is 35.5. The third-order valence-corrected chi connectivity index (χ3v) is 33.7. The lowest BCUT2D eigenvalue weighted by atomic mass is 9.87. The lowest BCUT2D eigenvalue weighted by Gasteiger charge is -2.34. The minimum Gasteiger partial charge on any atom is -1.00 e. The predicted octanol–water partition coefficient (Wildman–Crippen LogP) is 26.1. The zero-order valence-electron chi connectivity index (χ0n) is 85.3. The van der Waals surface area contributed by atoms with E-state index >= 15 is 0 Å². The fourth-order valence-electron chi connectivity index (χ4n) is 15.0. The average Bonchev–Trinajstić information content (AvgIpc) is 0.765. The van der Waals surface area contributed by atoms with E-state index in [1.165, 1.54) is 155 Å². The number of aromatic hydroxyl groups is 6. The van der Waals surface area contributed by atoms with Gasteiger partial charge in [-0.15, -0.1) is 0 Å². The first-order chi connectivity index (χ1) is 61.3. The zero-order valence-corrected chi connectivity index (χ0v) is 93.4. The molecule has 2 aliphatic rings. The largest absolute Gasteiger partial charge is 1.00 e. The SMILES string of the molecule is CC(C)(C)c1cc2c(O)c(c1)Sc1cc(C(C)(C)C)cc(c1O)Sc1cc(C(C)(C)C)cc(c1OCC(=O)c1ccccc1)Sc1cc(C(C)(C)C)cc(c1O)S2.CC(C)(C)c1cc2c(O)c(c1)Sc1cc(C(C)(C)C)cc(c1O)Sc1cc(C(C)(C)C)cc(c1OCC(=O)c1ccccc1)Sc1cc(C(C)(C)C)cc(c1O)S2.CC[N+](CC)(CC)CC.CC[N+](CC)(CC)CC.[Cl-].[Cl-]. The van der Waals surface area contributed by atoms with E-state index in [0.29, 0.717) is 81.4 Å². The fraction of sp³-hybridized carbons (Fsp3) is 0.446. The number of rotatable bonds is 16. The summed E-state index contributed by atoms with van der Waals surface area (Å²) >= 11 is 10.9. The van der Waals surface area contributed by atoms with Crippen LogP contribution in [0.25, 0.3) is 0 Å². The maximum atomic E-state index is 13.6. The molecule has 0 aliphatic carbocycles. The van der Waals surface area contributed by atoms with Crippen LogP contribution in [0.15, 0.2) is 236 Å². The number of phenolic OH excluding ortho intramolecular Hbond substituents is 6. The Hall–Kier alpha value is -6.76. The first-order valence-corrected chi connectivity index (χ1v) is 53.0. The molecule has 12 rings (SSSR count). The van der Waals surface area contributed by atoms with Crippen molar-refractivity contribution in [1.82, 2.24) is 0 Å². The van der Waals surface area contributed by atoms with Crippen molar-refractivity contribution in [1.29, 1.82) is 0 Å². The Bertz CT molecular complexity index is 5140. The van der Waals surface area contributed by atoms with Crippen LogP contribution in [-0.2, 0) is 43.3 Å². The number of halogens is 2. The zero-order chi connectivity index (χ0) is 98.3. The molecule has 0 unspecified atom stereocenters. The average molecular weight is 2010 g/mol. The third-order valence-electron chi connectivity index (χ3n) is 25.2. The molecule has 0 atom stereocenters. The second-order valence-electron chi connectivity index (χ2n) is 42.7. The van der Waals surface area contributed by atoms with Crippen molar-refractivity contribution in [3.8, 4) is 46.0 Å². The molecule has 0 spiro atoms. The molecule has 10 aromatic carbocycles. The third kappa shape index (κ3) is 28.8. The first kappa shape index (κ1) is 114. The van der Waals surface area contributed by atoms with Gasteiger partial charge < -0.3 is 73.9 Å². The van der Waals surface area contributed by atoms with Crippen molar-refractivity contribution in [2.24, 2.45) is 0 Å². The minimum atomic E-state index is -0.276. The van der Waals surface area contributed by atoms with E-state index in [4.69, 9.17) is 9.47 Å². The number of nitrogens with zero attached hydrogens (tertiary/aromatic N) is 2. The Morgan fingerprint density at radius 3 is 0.478 bits per heavy atom. The summed E-state index contributed by atoms with van der Waals surface area (Å²) in [4.78, 5) is 37.4. The predicted molar refractivity (Wildman–Crippen MR) is 561 cm³/mol. The standard InChI is InChI=1S/2C48H54O5S4.2C8H20N.2ClH/c2*1-45(2,3)28-18-33-41(50)34(19-28)55-36-21-30(47(7,8)9)23-38(43(36)52)57-40-25-31(48(10,11)12)24-39(44(40)53-26-32(49)27-16-14-13-15-17-27)56-37-22-29(46(4,5)6)20-35(54-33)42(37)51;2*1-5-9(6-2,7-3)8-4;;/h2*13-25,50-52H,26H2,1-12H3;2*5-8H2,1-4H3;2*1H/q;;2*+1;;/p-2. The molecular weight excluding hydrogens is 1860 g/mol. The van der Waals surface area contributed by atoms with Gasteiger partial charge in [0.25, 0.3) is 0 Å². The molecular formula is C112H148Cl2N2O10S8. The highest BCUT2D eigenvalue weighted by Crippen LogP contribution is 2.60. The molecule has 12 nitrogen and oxygen atoms in total. The highest BCUT2D eigenvalue weighted by molar-refractivity contribution is 8.02. The molecule has 0 saturated carbocycles. The van der Waals surface area contributed by atoms with Gasteiger partial charge >= 0.3 is 0 Å². The summed E-state index contributed by atoms with van der Waals surface area (Å²) in [6, 6.07) is 50.8. The van der Waals surface area contributed by atoms with E-state index < -0.39 is 0 Å². The summed E-state index contributed by atoms with van der Waals surface area (Å²) < 4.78 is 15.8. The number of Topliss-reactive ketones (excluding diaryl/α,β-unsaturated/α-hetero) is 2. The molecule has 0 amide bonds. The highest BCUT2D eigenvalue weighted by Gasteiger charge is 2.35. The van der Waals surface area contributed by atoms with Crippen LogP contribution in [0.1, 0.15) is 287 Å². The maximum Gasteiger partial charge on any atom is 0.200 e. The molecule has 0 fully saturated rings. The lowest BCUT2D eigenvalue weighted by molar-refractivity contribution is -0.921. The second kappa shape index (κ2) is 46.1. The Kier molecular flexibility index (Phi) is 39.3. The van der Waals surface area contributed by atoms with Gasteiger partial charge in [0.1, 0.15) is 46.0 Å². The van der Waals surface area contributed by atoms with E-state index in [2.05, 4.69) is 246 Å². The van der Waals surface area contributed by atoms with E-state index in [1.54, 1.807) is 24.3 Å². The number of carbonyl (C=O) groups excluding carboxylic acids is 2. The Morgan fingerprint density at radius 2 is 0.358 bits per heavy atom. The van der Waals surface area contributed by atoms with Gasteiger partial charge in [0.2, 0.25) is 0 Å². The van der Waals surface area contributed by atoms with Gasteiger partial charge in [-0.05, 0) is 240 Å². The second-order valence-corrected chi connectivity index (χ2v) is 51.4. The van der Waals surface area contributed by atoms with Gasteiger partial charge in [-0.25, -0.2) is 0 Å². The summed E-state index contributed by atoms with van der Waals surface area (Å²) in [7, 11) is 0. The first-order valence-electron chi connectivity index (χ1n) is 46.5. The van der Waals surface area contributed by atoms with Crippen molar-refractivity contribution in [3.63, 3.8) is 0 Å². The summed E-state index contributed by atoms with van der Waals surface area (Å²) in [6.45, 7) is 79.5. The molecule has 2 aliphatic heterocycles. The van der Waals surface area contributed by atoms with Crippen LogP contribution in [0.3, 0.4) is 0 Å². The fourth-order valence-corrected chi connectivity index (χ4v) is 23.9. The summed E-state index contributed by atoms with van der Waals surface area (Å²) in [5.41, 5.74) is 7.16. The Labute approximate surface area is 849 Å². The van der Waals surface area contributed by atoms with Crippen LogP contribution in [-0.4, -0.2) is 117 Å². The number of ether oxygens (including phenoxy) is 2. The van der Waals surface area contributed by atoms with Crippen LogP contribution in [0, 0.1) is 0 Å². The van der Waals surface area contributed by atoms with Crippen LogP contribution < -0.4 is 34.3 Å². The smallest absolute Gasteiger partial charge is 0.200 e.